The summed E-state index contributed by atoms with van der Waals surface area (Å²) in [5.74, 6) is 1.22. The Bertz CT molecular complexity index is 911. The van der Waals surface area contributed by atoms with Crippen molar-refractivity contribution in [2.75, 3.05) is 12.4 Å². The summed E-state index contributed by atoms with van der Waals surface area (Å²) in [7, 11) is 1.62. The molecule has 3 aromatic rings. The van der Waals surface area contributed by atoms with Gasteiger partial charge in [0.1, 0.15) is 11.3 Å². The number of para-hydroxylation sites is 1. The van der Waals surface area contributed by atoms with Crippen molar-refractivity contribution in [3.8, 4) is 5.75 Å². The molecule has 0 aliphatic rings. The number of amides is 1. The largest absolute Gasteiger partial charge is 0.497 e. The summed E-state index contributed by atoms with van der Waals surface area (Å²) < 4.78 is 11.0. The number of ether oxygens (including phenoxy) is 1. The summed E-state index contributed by atoms with van der Waals surface area (Å²) in [6.45, 7) is 6.19. The van der Waals surface area contributed by atoms with Gasteiger partial charge in [-0.15, -0.1) is 0 Å². The van der Waals surface area contributed by atoms with Crippen molar-refractivity contribution < 1.29 is 13.9 Å². The van der Waals surface area contributed by atoms with Gasteiger partial charge >= 0.3 is 0 Å². The predicted octanol–water partition coefficient (Wildman–Crippen LogP) is 5.52. The van der Waals surface area contributed by atoms with E-state index in [0.29, 0.717) is 17.3 Å². The second-order valence-corrected chi connectivity index (χ2v) is 6.27. The number of hydrogen-bond acceptors (Lipinski definition) is 3. The van der Waals surface area contributed by atoms with Gasteiger partial charge in [-0.2, -0.15) is 0 Å². The molecule has 0 bridgehead atoms. The van der Waals surface area contributed by atoms with Gasteiger partial charge in [-0.25, -0.2) is 0 Å². The van der Waals surface area contributed by atoms with Gasteiger partial charge in [0.15, 0.2) is 5.76 Å². The van der Waals surface area contributed by atoms with Gasteiger partial charge in [0.25, 0.3) is 5.91 Å². The summed E-state index contributed by atoms with van der Waals surface area (Å²) in [6.07, 6.45) is 1.01. The zero-order valence-electron chi connectivity index (χ0n) is 15.1. The zero-order chi connectivity index (χ0) is 18.0. The average molecular weight is 337 g/mol. The summed E-state index contributed by atoms with van der Waals surface area (Å²) in [6, 6.07) is 13.4. The second-order valence-electron chi connectivity index (χ2n) is 6.27. The van der Waals surface area contributed by atoms with Crippen molar-refractivity contribution in [1.82, 2.24) is 0 Å². The molecular weight excluding hydrogens is 314 g/mol. The Labute approximate surface area is 147 Å². The molecule has 130 valence electrons. The maximum absolute atomic E-state index is 12.8. The highest BCUT2D eigenvalue weighted by atomic mass is 16.5. The zero-order valence-corrected chi connectivity index (χ0v) is 15.1. The minimum Gasteiger partial charge on any atom is -0.497 e. The maximum atomic E-state index is 12.8. The third-order valence-electron chi connectivity index (χ3n) is 4.70. The Balaban J connectivity index is 1.95. The topological polar surface area (TPSA) is 51.5 Å². The van der Waals surface area contributed by atoms with Crippen molar-refractivity contribution in [3.05, 3.63) is 59.4 Å². The van der Waals surface area contributed by atoms with Crippen LogP contribution in [0.4, 0.5) is 5.69 Å². The first-order chi connectivity index (χ1) is 12.0. The Morgan fingerprint density at radius 1 is 1.24 bits per heavy atom. The minimum atomic E-state index is -0.233. The molecule has 1 aromatic heterocycles. The van der Waals surface area contributed by atoms with Crippen LogP contribution in [0.25, 0.3) is 11.0 Å². The molecule has 1 atom stereocenters. The van der Waals surface area contributed by atoms with Crippen LogP contribution in [0.15, 0.2) is 46.9 Å². The molecule has 0 aliphatic heterocycles. The monoisotopic (exact) mass is 337 g/mol. The molecule has 4 nitrogen and oxygen atoms in total. The number of anilines is 1. The smallest absolute Gasteiger partial charge is 0.291 e. The van der Waals surface area contributed by atoms with E-state index in [2.05, 4.69) is 25.2 Å². The molecule has 0 saturated heterocycles. The van der Waals surface area contributed by atoms with Gasteiger partial charge in [0.05, 0.1) is 7.11 Å². The Morgan fingerprint density at radius 2 is 2.00 bits per heavy atom. The van der Waals surface area contributed by atoms with Crippen molar-refractivity contribution >= 4 is 22.6 Å². The molecule has 4 heteroatoms. The summed E-state index contributed by atoms with van der Waals surface area (Å²) in [5, 5.41) is 3.90. The third-order valence-corrected chi connectivity index (χ3v) is 4.70. The lowest BCUT2D eigenvalue weighted by atomic mass is 9.97. The van der Waals surface area contributed by atoms with Crippen LogP contribution < -0.4 is 10.1 Å². The van der Waals surface area contributed by atoms with Gasteiger partial charge in [0.2, 0.25) is 0 Å². The van der Waals surface area contributed by atoms with Gasteiger partial charge in [0, 0.05) is 16.6 Å². The van der Waals surface area contributed by atoms with Crippen LogP contribution in [0.5, 0.6) is 5.75 Å². The molecule has 0 spiro atoms. The lowest BCUT2D eigenvalue weighted by molar-refractivity contribution is 0.0998. The quantitative estimate of drug-likeness (QED) is 0.667. The van der Waals surface area contributed by atoms with E-state index in [1.807, 2.05) is 43.3 Å². The Hall–Kier alpha value is -2.75. The van der Waals surface area contributed by atoms with Crippen molar-refractivity contribution in [3.63, 3.8) is 0 Å². The van der Waals surface area contributed by atoms with Crippen LogP contribution >= 0.6 is 0 Å². The molecule has 1 N–H and O–H groups in total. The normalized spacial score (nSPS) is 12.2. The first kappa shape index (κ1) is 17.1. The fourth-order valence-corrected chi connectivity index (χ4v) is 2.98. The SMILES string of the molecule is CCC(C)c1ccccc1NC(=O)c1oc2ccc(OC)cc2c1C. The van der Waals surface area contributed by atoms with Crippen LogP contribution in [0.3, 0.4) is 0 Å². The van der Waals surface area contributed by atoms with E-state index in [1.165, 1.54) is 0 Å². The van der Waals surface area contributed by atoms with E-state index >= 15 is 0 Å². The predicted molar refractivity (Wildman–Crippen MR) is 101 cm³/mol. The second kappa shape index (κ2) is 7.01. The highest BCUT2D eigenvalue weighted by molar-refractivity contribution is 6.06. The van der Waals surface area contributed by atoms with E-state index in [1.54, 1.807) is 7.11 Å². The number of carbonyl (C=O) groups excluding carboxylic acids is 1. The number of fused-ring (bicyclic) bond motifs is 1. The molecule has 2 aromatic carbocycles. The number of benzene rings is 2. The molecule has 1 heterocycles. The van der Waals surface area contributed by atoms with Gasteiger partial charge in [-0.1, -0.05) is 32.0 Å². The van der Waals surface area contributed by atoms with Crippen LogP contribution in [0.2, 0.25) is 0 Å². The average Bonchev–Trinajstić information content (AvgIpc) is 2.97. The molecule has 0 radical (unpaired) electrons. The summed E-state index contributed by atoms with van der Waals surface area (Å²) in [5.41, 5.74) is 3.46. The summed E-state index contributed by atoms with van der Waals surface area (Å²) >= 11 is 0. The molecule has 1 amide bonds. The number of aryl methyl sites for hydroxylation is 1. The summed E-state index contributed by atoms with van der Waals surface area (Å²) in [4.78, 5) is 12.8. The lowest BCUT2D eigenvalue weighted by Gasteiger charge is -2.15. The Morgan fingerprint density at radius 3 is 2.72 bits per heavy atom. The van der Waals surface area contributed by atoms with E-state index in [-0.39, 0.29) is 5.91 Å². The molecule has 0 aliphatic carbocycles. The molecule has 0 fully saturated rings. The molecule has 25 heavy (non-hydrogen) atoms. The van der Waals surface area contributed by atoms with E-state index in [0.717, 1.165) is 34.4 Å². The van der Waals surface area contributed by atoms with E-state index < -0.39 is 0 Å². The first-order valence-corrected chi connectivity index (χ1v) is 8.52. The van der Waals surface area contributed by atoms with Crippen molar-refractivity contribution in [2.45, 2.75) is 33.1 Å². The molecule has 3 rings (SSSR count). The van der Waals surface area contributed by atoms with Crippen LogP contribution in [-0.4, -0.2) is 13.0 Å². The number of carbonyl (C=O) groups is 1. The third kappa shape index (κ3) is 3.25. The van der Waals surface area contributed by atoms with Gasteiger partial charge < -0.3 is 14.5 Å². The molecule has 1 unspecified atom stereocenters. The minimum absolute atomic E-state index is 0.233. The number of methoxy groups -OCH3 is 1. The highest BCUT2D eigenvalue weighted by Crippen LogP contribution is 2.31. The standard InChI is InChI=1S/C21H23NO3/c1-5-13(2)16-8-6-7-9-18(16)22-21(23)20-14(3)17-12-15(24-4)10-11-19(17)25-20/h6-13H,5H2,1-4H3,(H,22,23). The van der Waals surface area contributed by atoms with Gasteiger partial charge in [-0.3, -0.25) is 4.79 Å². The van der Waals surface area contributed by atoms with Crippen LogP contribution in [0, 0.1) is 6.92 Å². The number of furan rings is 1. The number of hydrogen-bond donors (Lipinski definition) is 1. The number of rotatable bonds is 5. The number of nitrogens with one attached hydrogen (secondary N) is 1. The van der Waals surface area contributed by atoms with Crippen LogP contribution in [-0.2, 0) is 0 Å². The van der Waals surface area contributed by atoms with E-state index in [9.17, 15) is 4.79 Å². The van der Waals surface area contributed by atoms with E-state index in [4.69, 9.17) is 9.15 Å². The van der Waals surface area contributed by atoms with Crippen LogP contribution in [0.1, 0.15) is 47.9 Å². The van der Waals surface area contributed by atoms with Crippen molar-refractivity contribution in [2.24, 2.45) is 0 Å². The first-order valence-electron chi connectivity index (χ1n) is 8.52. The van der Waals surface area contributed by atoms with Crippen molar-refractivity contribution in [1.29, 1.82) is 0 Å². The fraction of sp³-hybridized carbons (Fsp3) is 0.286. The fourth-order valence-electron chi connectivity index (χ4n) is 2.98. The highest BCUT2D eigenvalue weighted by Gasteiger charge is 2.19. The van der Waals surface area contributed by atoms with Gasteiger partial charge in [-0.05, 0) is 49.1 Å². The molecular formula is C21H23NO3. The lowest BCUT2D eigenvalue weighted by Crippen LogP contribution is -2.14. The Kier molecular flexibility index (Phi) is 4.79. The molecule has 0 saturated carbocycles. The maximum Gasteiger partial charge on any atom is 0.291 e.